The van der Waals surface area contributed by atoms with E-state index in [0.29, 0.717) is 22.5 Å². The summed E-state index contributed by atoms with van der Waals surface area (Å²) >= 11 is 0. The van der Waals surface area contributed by atoms with E-state index in [9.17, 15) is 14.4 Å². The molecule has 2 N–H and O–H groups in total. The first-order chi connectivity index (χ1) is 12.5. The topological polar surface area (TPSA) is 78.5 Å². The van der Waals surface area contributed by atoms with Gasteiger partial charge in [0, 0.05) is 11.3 Å². The maximum Gasteiger partial charge on any atom is 0.319 e. The first-order valence-electron chi connectivity index (χ1n) is 8.33. The predicted molar refractivity (Wildman–Crippen MR) is 96.7 cm³/mol. The SMILES string of the molecule is CC(=O)c1cccc(N2CC3=C(C2=O)[C@@H](c2ccccc2)NC(=O)N3)c1. The standard InChI is InChI=1S/C20H17N3O3/c1-12(24)14-8-5-9-15(10-14)23-11-16-17(19(23)25)18(22-20(26)21-16)13-6-3-2-4-7-13/h2-10,18H,11H2,1H3,(H2,21,22,26)/t18-/m1/s1. The molecular weight excluding hydrogens is 330 g/mol. The first kappa shape index (κ1) is 16.1. The van der Waals surface area contributed by atoms with Crippen LogP contribution in [0.15, 0.2) is 65.9 Å². The Hall–Kier alpha value is -3.41. The molecule has 0 spiro atoms. The van der Waals surface area contributed by atoms with Crippen molar-refractivity contribution in [3.05, 3.63) is 77.0 Å². The average molecular weight is 347 g/mol. The van der Waals surface area contributed by atoms with Gasteiger partial charge in [0.05, 0.1) is 23.9 Å². The van der Waals surface area contributed by atoms with Gasteiger partial charge in [-0.3, -0.25) is 9.59 Å². The molecular formula is C20H17N3O3. The van der Waals surface area contributed by atoms with Crippen LogP contribution in [-0.2, 0) is 4.79 Å². The Labute approximate surface area is 150 Å². The van der Waals surface area contributed by atoms with Gasteiger partial charge in [0.2, 0.25) is 0 Å². The Bertz CT molecular complexity index is 950. The van der Waals surface area contributed by atoms with Gasteiger partial charge in [-0.1, -0.05) is 42.5 Å². The van der Waals surface area contributed by atoms with Gasteiger partial charge in [-0.25, -0.2) is 4.79 Å². The van der Waals surface area contributed by atoms with Gasteiger partial charge < -0.3 is 15.5 Å². The minimum Gasteiger partial charge on any atom is -0.327 e. The molecule has 130 valence electrons. The van der Waals surface area contributed by atoms with Crippen LogP contribution in [0.25, 0.3) is 0 Å². The number of Topliss-reactive ketones (excluding diaryl/α,β-unsaturated/α-hetero) is 1. The zero-order valence-corrected chi connectivity index (χ0v) is 14.2. The van der Waals surface area contributed by atoms with Crippen LogP contribution in [0.4, 0.5) is 10.5 Å². The van der Waals surface area contributed by atoms with E-state index < -0.39 is 6.04 Å². The zero-order valence-electron chi connectivity index (χ0n) is 14.2. The normalized spacial score (nSPS) is 19.1. The van der Waals surface area contributed by atoms with Crippen LogP contribution in [0, 0.1) is 0 Å². The number of carbonyl (C=O) groups is 3. The van der Waals surface area contributed by atoms with Crippen molar-refractivity contribution in [2.75, 3.05) is 11.4 Å². The average Bonchev–Trinajstić information content (AvgIpc) is 2.98. The van der Waals surface area contributed by atoms with Crippen molar-refractivity contribution in [2.24, 2.45) is 0 Å². The molecule has 0 saturated carbocycles. The summed E-state index contributed by atoms with van der Waals surface area (Å²) < 4.78 is 0. The maximum atomic E-state index is 13.1. The van der Waals surface area contributed by atoms with Gasteiger partial charge >= 0.3 is 6.03 Å². The fourth-order valence-electron chi connectivity index (χ4n) is 3.37. The summed E-state index contributed by atoms with van der Waals surface area (Å²) in [7, 11) is 0. The number of nitrogens with one attached hydrogen (secondary N) is 2. The summed E-state index contributed by atoms with van der Waals surface area (Å²) in [5.74, 6) is -0.240. The van der Waals surface area contributed by atoms with Crippen molar-refractivity contribution >= 4 is 23.4 Å². The summed E-state index contributed by atoms with van der Waals surface area (Å²) in [4.78, 5) is 38.4. The minimum absolute atomic E-state index is 0.0617. The molecule has 26 heavy (non-hydrogen) atoms. The number of anilines is 1. The Morgan fingerprint density at radius 1 is 1.08 bits per heavy atom. The second-order valence-corrected chi connectivity index (χ2v) is 6.33. The van der Waals surface area contributed by atoms with Gasteiger partial charge in [0.15, 0.2) is 5.78 Å². The van der Waals surface area contributed by atoms with E-state index in [1.807, 2.05) is 30.3 Å². The lowest BCUT2D eigenvalue weighted by molar-refractivity contribution is -0.114. The third kappa shape index (κ3) is 2.65. The molecule has 0 radical (unpaired) electrons. The Morgan fingerprint density at radius 3 is 2.58 bits per heavy atom. The molecule has 6 nitrogen and oxygen atoms in total. The predicted octanol–water partition coefficient (Wildman–Crippen LogP) is 2.54. The van der Waals surface area contributed by atoms with Crippen LogP contribution in [0.1, 0.15) is 28.9 Å². The van der Waals surface area contributed by atoms with Crippen LogP contribution >= 0.6 is 0 Å². The number of hydrogen-bond donors (Lipinski definition) is 2. The van der Waals surface area contributed by atoms with Crippen LogP contribution in [0.2, 0.25) is 0 Å². The first-order valence-corrected chi connectivity index (χ1v) is 8.33. The maximum absolute atomic E-state index is 13.1. The van der Waals surface area contributed by atoms with E-state index in [4.69, 9.17) is 0 Å². The van der Waals surface area contributed by atoms with E-state index in [0.717, 1.165) is 5.56 Å². The molecule has 6 heteroatoms. The minimum atomic E-state index is -0.492. The molecule has 2 aromatic rings. The summed E-state index contributed by atoms with van der Waals surface area (Å²) in [6.07, 6.45) is 0. The number of benzene rings is 2. The molecule has 0 unspecified atom stereocenters. The van der Waals surface area contributed by atoms with Crippen LogP contribution in [0.3, 0.4) is 0 Å². The van der Waals surface area contributed by atoms with Crippen LogP contribution < -0.4 is 15.5 Å². The lowest BCUT2D eigenvalue weighted by Crippen LogP contribution is -2.44. The number of rotatable bonds is 3. The Kier molecular flexibility index (Phi) is 3.80. The van der Waals surface area contributed by atoms with Crippen molar-refractivity contribution in [1.29, 1.82) is 0 Å². The molecule has 2 aliphatic heterocycles. The van der Waals surface area contributed by atoms with Gasteiger partial charge in [-0.15, -0.1) is 0 Å². The molecule has 0 aromatic heterocycles. The van der Waals surface area contributed by atoms with Crippen LogP contribution in [-0.4, -0.2) is 24.3 Å². The van der Waals surface area contributed by atoms with Crippen LogP contribution in [0.5, 0.6) is 0 Å². The van der Waals surface area contributed by atoms with Crippen molar-refractivity contribution in [2.45, 2.75) is 13.0 Å². The van der Waals surface area contributed by atoms with E-state index in [-0.39, 0.29) is 24.3 Å². The van der Waals surface area contributed by atoms with E-state index in [1.165, 1.54) is 6.92 Å². The monoisotopic (exact) mass is 347 g/mol. The second-order valence-electron chi connectivity index (χ2n) is 6.33. The van der Waals surface area contributed by atoms with Crippen molar-refractivity contribution in [1.82, 2.24) is 10.6 Å². The third-order valence-corrected chi connectivity index (χ3v) is 4.64. The lowest BCUT2D eigenvalue weighted by atomic mass is 9.96. The number of ketones is 1. The number of urea groups is 1. The molecule has 0 bridgehead atoms. The highest BCUT2D eigenvalue weighted by Gasteiger charge is 2.40. The summed E-state index contributed by atoms with van der Waals surface area (Å²) in [5, 5.41) is 5.57. The molecule has 0 saturated heterocycles. The molecule has 4 rings (SSSR count). The highest BCUT2D eigenvalue weighted by Crippen LogP contribution is 2.34. The summed E-state index contributed by atoms with van der Waals surface area (Å²) in [6, 6.07) is 15.5. The lowest BCUT2D eigenvalue weighted by Gasteiger charge is -2.25. The molecule has 2 heterocycles. The second kappa shape index (κ2) is 6.15. The van der Waals surface area contributed by atoms with Gasteiger partial charge in [0.25, 0.3) is 5.91 Å². The van der Waals surface area contributed by atoms with Crippen molar-refractivity contribution < 1.29 is 14.4 Å². The highest BCUT2D eigenvalue weighted by molar-refractivity contribution is 6.12. The number of amides is 3. The smallest absolute Gasteiger partial charge is 0.319 e. The Balaban J connectivity index is 1.71. The molecule has 0 aliphatic carbocycles. The molecule has 2 aliphatic rings. The van der Waals surface area contributed by atoms with E-state index in [2.05, 4.69) is 10.6 Å². The number of hydrogen-bond acceptors (Lipinski definition) is 3. The van der Waals surface area contributed by atoms with Crippen molar-refractivity contribution in [3.8, 4) is 0 Å². The van der Waals surface area contributed by atoms with E-state index >= 15 is 0 Å². The summed E-state index contributed by atoms with van der Waals surface area (Å²) in [5.41, 5.74) is 3.16. The van der Waals surface area contributed by atoms with Gasteiger partial charge in [-0.2, -0.15) is 0 Å². The number of nitrogens with zero attached hydrogens (tertiary/aromatic N) is 1. The fraction of sp³-hybridized carbons (Fsp3) is 0.150. The molecule has 1 atom stereocenters. The molecule has 3 amide bonds. The van der Waals surface area contributed by atoms with E-state index in [1.54, 1.807) is 29.2 Å². The fourth-order valence-corrected chi connectivity index (χ4v) is 3.37. The van der Waals surface area contributed by atoms with Gasteiger partial charge in [-0.05, 0) is 24.6 Å². The molecule has 0 fully saturated rings. The van der Waals surface area contributed by atoms with Crippen molar-refractivity contribution in [3.63, 3.8) is 0 Å². The Morgan fingerprint density at radius 2 is 1.85 bits per heavy atom. The third-order valence-electron chi connectivity index (χ3n) is 4.64. The quantitative estimate of drug-likeness (QED) is 0.838. The largest absolute Gasteiger partial charge is 0.327 e. The van der Waals surface area contributed by atoms with Gasteiger partial charge in [0.1, 0.15) is 0 Å². The highest BCUT2D eigenvalue weighted by atomic mass is 16.2. The summed E-state index contributed by atoms with van der Waals surface area (Å²) in [6.45, 7) is 1.76. The molecule has 2 aromatic carbocycles. The number of carbonyl (C=O) groups excluding carboxylic acids is 3. The zero-order chi connectivity index (χ0) is 18.3.